The Hall–Kier alpha value is -1.94. The van der Waals surface area contributed by atoms with Crippen LogP contribution in [0.5, 0.6) is 0 Å². The Balaban J connectivity index is 2.65. The van der Waals surface area contributed by atoms with E-state index in [9.17, 15) is 9.90 Å². The summed E-state index contributed by atoms with van der Waals surface area (Å²) in [6.45, 7) is 7.17. The molecule has 1 heterocycles. The van der Waals surface area contributed by atoms with E-state index in [-0.39, 0.29) is 5.56 Å². The molecule has 0 radical (unpaired) electrons. The number of aryl methyl sites for hydroxylation is 2. The van der Waals surface area contributed by atoms with E-state index in [1.807, 2.05) is 32.0 Å². The normalized spacial score (nSPS) is 11.6. The molecule has 0 atom stereocenters. The first-order valence-electron chi connectivity index (χ1n) is 6.19. The van der Waals surface area contributed by atoms with Gasteiger partial charge in [0.2, 0.25) is 0 Å². The van der Waals surface area contributed by atoms with Crippen molar-refractivity contribution in [3.8, 4) is 11.3 Å². The zero-order valence-electron chi connectivity index (χ0n) is 11.6. The van der Waals surface area contributed by atoms with E-state index in [2.05, 4.69) is 10.2 Å². The largest absolute Gasteiger partial charge is 0.386 e. The van der Waals surface area contributed by atoms with Gasteiger partial charge in [0.15, 0.2) is 0 Å². The van der Waals surface area contributed by atoms with Gasteiger partial charge in [0, 0.05) is 5.56 Å². The van der Waals surface area contributed by atoms with Crippen LogP contribution in [0.15, 0.2) is 29.1 Å². The number of rotatable bonds is 2. The highest BCUT2D eigenvalue weighted by Crippen LogP contribution is 2.24. The molecule has 0 saturated carbocycles. The number of hydrogen-bond donors (Lipinski definition) is 2. The molecule has 1 aromatic heterocycles. The van der Waals surface area contributed by atoms with Crippen molar-refractivity contribution in [2.45, 2.75) is 33.3 Å². The smallest absolute Gasteiger partial charge is 0.270 e. The molecule has 2 aromatic rings. The zero-order chi connectivity index (χ0) is 14.2. The lowest BCUT2D eigenvalue weighted by atomic mass is 9.96. The number of nitrogens with zero attached hydrogens (tertiary/aromatic N) is 1. The Morgan fingerprint density at radius 3 is 2.53 bits per heavy atom. The number of nitrogens with one attached hydrogen (secondary N) is 1. The van der Waals surface area contributed by atoms with Crippen LogP contribution in [0.4, 0.5) is 0 Å². The van der Waals surface area contributed by atoms with Crippen LogP contribution in [0.1, 0.15) is 30.5 Å². The fourth-order valence-electron chi connectivity index (χ4n) is 2.01. The molecule has 0 aliphatic carbocycles. The third kappa shape index (κ3) is 2.74. The monoisotopic (exact) mass is 258 g/mol. The summed E-state index contributed by atoms with van der Waals surface area (Å²) in [5, 5.41) is 16.5. The van der Waals surface area contributed by atoms with Crippen molar-refractivity contribution < 1.29 is 5.11 Å². The first kappa shape index (κ1) is 13.5. The fourth-order valence-corrected chi connectivity index (χ4v) is 2.01. The van der Waals surface area contributed by atoms with Gasteiger partial charge in [-0.2, -0.15) is 5.10 Å². The first-order valence-corrected chi connectivity index (χ1v) is 6.19. The van der Waals surface area contributed by atoms with Crippen LogP contribution < -0.4 is 5.56 Å². The predicted molar refractivity (Wildman–Crippen MR) is 75.0 cm³/mol. The molecule has 0 unspecified atom stereocenters. The van der Waals surface area contributed by atoms with Crippen LogP contribution in [0.3, 0.4) is 0 Å². The summed E-state index contributed by atoms with van der Waals surface area (Å²) in [5.41, 5.74) is 2.59. The van der Waals surface area contributed by atoms with E-state index < -0.39 is 5.60 Å². The standard InChI is InChI=1S/C15H18N2O2/c1-9-5-6-10(2)11(7-9)13-8-12(15(3,4)19)14(18)17-16-13/h5-8,19H,1-4H3,(H,17,18). The predicted octanol–water partition coefficient (Wildman–Crippen LogP) is 2.28. The Labute approximate surface area is 112 Å². The molecule has 4 heteroatoms. The number of benzene rings is 1. The lowest BCUT2D eigenvalue weighted by Gasteiger charge is -2.17. The lowest BCUT2D eigenvalue weighted by Crippen LogP contribution is -2.27. The van der Waals surface area contributed by atoms with Crippen molar-refractivity contribution in [3.63, 3.8) is 0 Å². The van der Waals surface area contributed by atoms with Gasteiger partial charge in [-0.3, -0.25) is 4.79 Å². The van der Waals surface area contributed by atoms with Crippen molar-refractivity contribution >= 4 is 0 Å². The SMILES string of the molecule is Cc1ccc(C)c(-c2cc(C(C)(C)O)c(=O)[nH]n2)c1. The molecule has 0 spiro atoms. The second kappa shape index (κ2) is 4.63. The lowest BCUT2D eigenvalue weighted by molar-refractivity contribution is 0.0769. The van der Waals surface area contributed by atoms with Crippen molar-refractivity contribution in [3.05, 3.63) is 51.3 Å². The minimum Gasteiger partial charge on any atom is -0.386 e. The molecular weight excluding hydrogens is 240 g/mol. The fraction of sp³-hybridized carbons (Fsp3) is 0.333. The van der Waals surface area contributed by atoms with Gasteiger partial charge >= 0.3 is 0 Å². The Morgan fingerprint density at radius 2 is 1.89 bits per heavy atom. The number of H-pyrrole nitrogens is 1. The van der Waals surface area contributed by atoms with Crippen LogP contribution in [0.2, 0.25) is 0 Å². The summed E-state index contributed by atoms with van der Waals surface area (Å²) in [6, 6.07) is 7.72. The molecule has 0 saturated heterocycles. The summed E-state index contributed by atoms with van der Waals surface area (Å²) in [6.07, 6.45) is 0. The molecule has 2 rings (SSSR count). The van der Waals surface area contributed by atoms with Crippen molar-refractivity contribution in [1.29, 1.82) is 0 Å². The van der Waals surface area contributed by atoms with Crippen molar-refractivity contribution in [2.24, 2.45) is 0 Å². The summed E-state index contributed by atoms with van der Waals surface area (Å²) >= 11 is 0. The Morgan fingerprint density at radius 1 is 1.21 bits per heavy atom. The first-order chi connectivity index (χ1) is 8.79. The Kier molecular flexibility index (Phi) is 3.28. The minimum absolute atomic E-state index is 0.318. The summed E-state index contributed by atoms with van der Waals surface area (Å²) in [7, 11) is 0. The zero-order valence-corrected chi connectivity index (χ0v) is 11.6. The highest BCUT2D eigenvalue weighted by Gasteiger charge is 2.21. The molecule has 0 aliphatic heterocycles. The Bertz CT molecular complexity index is 667. The van der Waals surface area contributed by atoms with Gasteiger partial charge in [-0.25, -0.2) is 5.10 Å². The molecule has 0 amide bonds. The van der Waals surface area contributed by atoms with E-state index in [0.717, 1.165) is 16.7 Å². The molecule has 2 N–H and O–H groups in total. The van der Waals surface area contributed by atoms with Gasteiger partial charge in [0.25, 0.3) is 5.56 Å². The second-order valence-corrected chi connectivity index (χ2v) is 5.37. The molecular formula is C15H18N2O2. The number of aromatic amines is 1. The molecule has 4 nitrogen and oxygen atoms in total. The maximum atomic E-state index is 11.7. The van der Waals surface area contributed by atoms with Crippen molar-refractivity contribution in [2.75, 3.05) is 0 Å². The van der Waals surface area contributed by atoms with Gasteiger partial charge < -0.3 is 5.11 Å². The summed E-state index contributed by atoms with van der Waals surface area (Å²) in [5.74, 6) is 0. The highest BCUT2D eigenvalue weighted by atomic mass is 16.3. The van der Waals surface area contributed by atoms with E-state index in [1.54, 1.807) is 19.9 Å². The number of aromatic nitrogens is 2. The average molecular weight is 258 g/mol. The average Bonchev–Trinajstić information content (AvgIpc) is 2.31. The van der Waals surface area contributed by atoms with Crippen LogP contribution >= 0.6 is 0 Å². The van der Waals surface area contributed by atoms with Gasteiger partial charge in [0.1, 0.15) is 0 Å². The van der Waals surface area contributed by atoms with Crippen LogP contribution in [-0.2, 0) is 5.60 Å². The van der Waals surface area contributed by atoms with Crippen LogP contribution in [0.25, 0.3) is 11.3 Å². The molecule has 0 fully saturated rings. The molecule has 0 aliphatic rings. The van der Waals surface area contributed by atoms with E-state index >= 15 is 0 Å². The quantitative estimate of drug-likeness (QED) is 0.868. The van der Waals surface area contributed by atoms with E-state index in [4.69, 9.17) is 0 Å². The van der Waals surface area contributed by atoms with Gasteiger partial charge in [-0.1, -0.05) is 17.7 Å². The van der Waals surface area contributed by atoms with E-state index in [1.165, 1.54) is 0 Å². The van der Waals surface area contributed by atoms with Crippen LogP contribution in [0, 0.1) is 13.8 Å². The topological polar surface area (TPSA) is 66.0 Å². The van der Waals surface area contributed by atoms with Crippen LogP contribution in [-0.4, -0.2) is 15.3 Å². The van der Waals surface area contributed by atoms with E-state index in [0.29, 0.717) is 11.3 Å². The molecule has 100 valence electrons. The third-order valence-corrected chi connectivity index (χ3v) is 3.13. The van der Waals surface area contributed by atoms with Gasteiger partial charge in [0.05, 0.1) is 16.9 Å². The van der Waals surface area contributed by atoms with Crippen molar-refractivity contribution in [1.82, 2.24) is 10.2 Å². The molecule has 1 aromatic carbocycles. The highest BCUT2D eigenvalue weighted by molar-refractivity contribution is 5.64. The number of hydrogen-bond acceptors (Lipinski definition) is 3. The minimum atomic E-state index is -1.19. The molecule has 19 heavy (non-hydrogen) atoms. The summed E-state index contributed by atoms with van der Waals surface area (Å²) in [4.78, 5) is 11.7. The third-order valence-electron chi connectivity index (χ3n) is 3.13. The van der Waals surface area contributed by atoms with Gasteiger partial charge in [-0.15, -0.1) is 0 Å². The number of aliphatic hydroxyl groups is 1. The molecule has 0 bridgehead atoms. The maximum absolute atomic E-state index is 11.7. The van der Waals surface area contributed by atoms with Gasteiger partial charge in [-0.05, 0) is 45.4 Å². The summed E-state index contributed by atoms with van der Waals surface area (Å²) < 4.78 is 0. The second-order valence-electron chi connectivity index (χ2n) is 5.37. The maximum Gasteiger partial charge on any atom is 0.270 e.